The van der Waals surface area contributed by atoms with Crippen LogP contribution in [0, 0.1) is 17.1 Å². The molecule has 0 spiro atoms. The lowest BCUT2D eigenvalue weighted by Gasteiger charge is -2.28. The predicted octanol–water partition coefficient (Wildman–Crippen LogP) is 2.74. The Balaban J connectivity index is 2.34. The van der Waals surface area contributed by atoms with E-state index in [4.69, 9.17) is 16.9 Å². The number of hydrogen-bond acceptors (Lipinski definition) is 3. The van der Waals surface area contributed by atoms with E-state index in [9.17, 15) is 4.39 Å². The van der Waals surface area contributed by atoms with Gasteiger partial charge in [0.1, 0.15) is 11.2 Å². The van der Waals surface area contributed by atoms with Gasteiger partial charge in [0.05, 0.1) is 5.56 Å². The molecular formula is C11H11ClFN3. The van der Waals surface area contributed by atoms with Crippen LogP contribution in [0.25, 0.3) is 0 Å². The van der Waals surface area contributed by atoms with Crippen molar-refractivity contribution in [3.63, 3.8) is 0 Å². The first-order valence-electron chi connectivity index (χ1n) is 5.23. The number of nitrogens with zero attached hydrogens (tertiary/aromatic N) is 3. The molecule has 16 heavy (non-hydrogen) atoms. The monoisotopic (exact) mass is 239 g/mol. The zero-order valence-electron chi connectivity index (χ0n) is 8.71. The van der Waals surface area contributed by atoms with Crippen LogP contribution in [0.4, 0.5) is 10.2 Å². The van der Waals surface area contributed by atoms with Gasteiger partial charge in [0.2, 0.25) is 0 Å². The van der Waals surface area contributed by atoms with Crippen LogP contribution in [-0.2, 0) is 0 Å². The topological polar surface area (TPSA) is 39.9 Å². The van der Waals surface area contributed by atoms with Gasteiger partial charge in [-0.1, -0.05) is 11.6 Å². The molecule has 1 aliphatic rings. The lowest BCUT2D eigenvalue weighted by atomic mass is 10.1. The zero-order chi connectivity index (χ0) is 11.5. The molecule has 2 rings (SSSR count). The number of nitriles is 1. The van der Waals surface area contributed by atoms with Gasteiger partial charge in [-0.2, -0.15) is 5.26 Å². The highest BCUT2D eigenvalue weighted by Gasteiger charge is 2.18. The maximum Gasteiger partial charge on any atom is 0.167 e. The number of aromatic nitrogens is 1. The van der Waals surface area contributed by atoms with Gasteiger partial charge in [-0.15, -0.1) is 0 Å². The third-order valence-corrected chi connectivity index (χ3v) is 2.98. The van der Waals surface area contributed by atoms with Gasteiger partial charge in [-0.25, -0.2) is 9.37 Å². The SMILES string of the molecule is N#Cc1cc(F)c(N2CCCCC2)nc1Cl. The summed E-state index contributed by atoms with van der Waals surface area (Å²) in [5.41, 5.74) is 0.0833. The molecule has 0 bridgehead atoms. The Morgan fingerprint density at radius 3 is 2.69 bits per heavy atom. The van der Waals surface area contributed by atoms with Gasteiger partial charge in [0, 0.05) is 13.1 Å². The van der Waals surface area contributed by atoms with E-state index in [-0.39, 0.29) is 16.5 Å². The molecule has 0 radical (unpaired) electrons. The summed E-state index contributed by atoms with van der Waals surface area (Å²) in [4.78, 5) is 5.84. The molecule has 1 aromatic heterocycles. The average molecular weight is 240 g/mol. The van der Waals surface area contributed by atoms with Crippen molar-refractivity contribution in [1.29, 1.82) is 5.26 Å². The van der Waals surface area contributed by atoms with E-state index in [2.05, 4.69) is 4.98 Å². The van der Waals surface area contributed by atoms with Gasteiger partial charge in [-0.05, 0) is 25.3 Å². The van der Waals surface area contributed by atoms with E-state index < -0.39 is 5.82 Å². The van der Waals surface area contributed by atoms with Crippen molar-refractivity contribution in [1.82, 2.24) is 4.98 Å². The molecule has 2 heterocycles. The van der Waals surface area contributed by atoms with Crippen LogP contribution in [0.5, 0.6) is 0 Å². The lowest BCUT2D eigenvalue weighted by molar-refractivity contribution is 0.549. The van der Waals surface area contributed by atoms with E-state index in [0.29, 0.717) is 0 Å². The van der Waals surface area contributed by atoms with Crippen molar-refractivity contribution in [2.75, 3.05) is 18.0 Å². The van der Waals surface area contributed by atoms with Crippen LogP contribution in [0.15, 0.2) is 6.07 Å². The molecule has 0 aliphatic carbocycles. The normalized spacial score (nSPS) is 15.9. The summed E-state index contributed by atoms with van der Waals surface area (Å²) in [6, 6.07) is 2.97. The van der Waals surface area contributed by atoms with Gasteiger partial charge in [-0.3, -0.25) is 0 Å². The van der Waals surface area contributed by atoms with Crippen LogP contribution >= 0.6 is 11.6 Å². The highest BCUT2D eigenvalue weighted by molar-refractivity contribution is 6.30. The average Bonchev–Trinajstić information content (AvgIpc) is 2.32. The van der Waals surface area contributed by atoms with E-state index in [1.807, 2.05) is 11.0 Å². The Labute approximate surface area is 98.5 Å². The number of hydrogen-bond donors (Lipinski definition) is 0. The predicted molar refractivity (Wildman–Crippen MR) is 60.0 cm³/mol. The van der Waals surface area contributed by atoms with Crippen molar-refractivity contribution < 1.29 is 4.39 Å². The highest BCUT2D eigenvalue weighted by atomic mass is 35.5. The second kappa shape index (κ2) is 4.67. The van der Waals surface area contributed by atoms with Crippen molar-refractivity contribution in [3.05, 3.63) is 22.6 Å². The molecule has 84 valence electrons. The summed E-state index contributed by atoms with van der Waals surface area (Å²) in [5.74, 6) is -0.202. The first-order chi connectivity index (χ1) is 7.72. The molecule has 3 nitrogen and oxygen atoms in total. The van der Waals surface area contributed by atoms with Crippen molar-refractivity contribution in [3.8, 4) is 6.07 Å². The number of rotatable bonds is 1. The summed E-state index contributed by atoms with van der Waals surface area (Å²) in [6.45, 7) is 1.60. The molecular weight excluding hydrogens is 229 g/mol. The van der Waals surface area contributed by atoms with E-state index in [1.54, 1.807) is 0 Å². The van der Waals surface area contributed by atoms with E-state index >= 15 is 0 Å². The minimum absolute atomic E-state index is 0.0736. The maximum atomic E-state index is 13.7. The molecule has 0 aromatic carbocycles. The lowest BCUT2D eigenvalue weighted by Crippen LogP contribution is -2.31. The molecule has 0 amide bonds. The number of halogens is 2. The Morgan fingerprint density at radius 1 is 1.38 bits per heavy atom. The molecule has 0 atom stereocenters. The van der Waals surface area contributed by atoms with Gasteiger partial charge >= 0.3 is 0 Å². The van der Waals surface area contributed by atoms with Crippen LogP contribution < -0.4 is 4.90 Å². The molecule has 0 unspecified atom stereocenters. The van der Waals surface area contributed by atoms with E-state index in [0.717, 1.165) is 32.0 Å². The molecule has 1 aromatic rings. The molecule has 1 saturated heterocycles. The quantitative estimate of drug-likeness (QED) is 0.708. The Kier molecular flexibility index (Phi) is 3.25. The smallest absolute Gasteiger partial charge is 0.167 e. The molecule has 1 aliphatic heterocycles. The second-order valence-electron chi connectivity index (χ2n) is 3.79. The van der Waals surface area contributed by atoms with Crippen molar-refractivity contribution in [2.45, 2.75) is 19.3 Å². The van der Waals surface area contributed by atoms with Gasteiger partial charge in [0.15, 0.2) is 11.6 Å². The van der Waals surface area contributed by atoms with Gasteiger partial charge < -0.3 is 4.90 Å². The minimum atomic E-state index is -0.470. The Hall–Kier alpha value is -1.34. The Bertz CT molecular complexity index is 436. The molecule has 0 N–H and O–H groups in total. The fourth-order valence-electron chi connectivity index (χ4n) is 1.86. The first kappa shape index (κ1) is 11.2. The highest BCUT2D eigenvalue weighted by Crippen LogP contribution is 2.25. The third-order valence-electron chi connectivity index (χ3n) is 2.69. The molecule has 0 saturated carbocycles. The largest absolute Gasteiger partial charge is 0.354 e. The first-order valence-corrected chi connectivity index (χ1v) is 5.61. The number of anilines is 1. The van der Waals surface area contributed by atoms with Crippen LogP contribution in [0.2, 0.25) is 5.15 Å². The van der Waals surface area contributed by atoms with Crippen molar-refractivity contribution >= 4 is 17.4 Å². The second-order valence-corrected chi connectivity index (χ2v) is 4.15. The van der Waals surface area contributed by atoms with Crippen LogP contribution in [0.1, 0.15) is 24.8 Å². The minimum Gasteiger partial charge on any atom is -0.354 e. The number of piperidine rings is 1. The summed E-state index contributed by atoms with van der Waals surface area (Å²) >= 11 is 5.79. The zero-order valence-corrected chi connectivity index (χ0v) is 9.47. The summed E-state index contributed by atoms with van der Waals surface area (Å²) in [5, 5.41) is 8.76. The summed E-state index contributed by atoms with van der Waals surface area (Å²) in [7, 11) is 0. The standard InChI is InChI=1S/C11H11ClFN3/c12-10-8(7-14)6-9(13)11(15-10)16-4-2-1-3-5-16/h6H,1-5H2. The maximum absolute atomic E-state index is 13.7. The molecule has 5 heteroatoms. The Morgan fingerprint density at radius 2 is 2.06 bits per heavy atom. The fraction of sp³-hybridized carbons (Fsp3) is 0.455. The van der Waals surface area contributed by atoms with Crippen LogP contribution in [0.3, 0.4) is 0 Å². The number of pyridine rings is 1. The van der Waals surface area contributed by atoms with Gasteiger partial charge in [0.25, 0.3) is 0 Å². The van der Waals surface area contributed by atoms with Crippen LogP contribution in [-0.4, -0.2) is 18.1 Å². The molecule has 1 fully saturated rings. The fourth-order valence-corrected chi connectivity index (χ4v) is 2.04. The summed E-state index contributed by atoms with van der Waals surface area (Å²) in [6.07, 6.45) is 3.25. The third kappa shape index (κ3) is 2.10. The summed E-state index contributed by atoms with van der Waals surface area (Å²) < 4.78 is 13.7. The van der Waals surface area contributed by atoms with Crippen molar-refractivity contribution in [2.24, 2.45) is 0 Å². The van der Waals surface area contributed by atoms with E-state index in [1.165, 1.54) is 6.42 Å².